The maximum atomic E-state index is 13.2. The number of fused-ring (bicyclic) bond motifs is 1. The first kappa shape index (κ1) is 17.8. The Morgan fingerprint density at radius 3 is 2.57 bits per heavy atom. The van der Waals surface area contributed by atoms with Gasteiger partial charge in [-0.25, -0.2) is 13.4 Å². The van der Waals surface area contributed by atoms with E-state index in [0.717, 1.165) is 12.8 Å². The Labute approximate surface area is 163 Å². The maximum Gasteiger partial charge on any atom is 0.256 e. The highest BCUT2D eigenvalue weighted by Crippen LogP contribution is 2.56. The number of rotatable bonds is 4. The van der Waals surface area contributed by atoms with E-state index in [-0.39, 0.29) is 28.7 Å². The first-order valence-electron chi connectivity index (χ1n) is 9.47. The van der Waals surface area contributed by atoms with Gasteiger partial charge in [0.15, 0.2) is 0 Å². The van der Waals surface area contributed by atoms with Gasteiger partial charge in [-0.2, -0.15) is 4.31 Å². The van der Waals surface area contributed by atoms with Gasteiger partial charge < -0.3 is 10.4 Å². The molecule has 7 nitrogen and oxygen atoms in total. The molecule has 2 aliphatic carbocycles. The summed E-state index contributed by atoms with van der Waals surface area (Å²) in [6.45, 7) is 0.479. The number of aliphatic hydroxyl groups is 1. The number of pyridine rings is 1. The van der Waals surface area contributed by atoms with Gasteiger partial charge in [0.2, 0.25) is 10.0 Å². The fourth-order valence-electron chi connectivity index (χ4n) is 5.18. The third-order valence-corrected chi connectivity index (χ3v) is 8.31. The summed E-state index contributed by atoms with van der Waals surface area (Å²) in [6, 6.07) is 10.8. The van der Waals surface area contributed by atoms with Gasteiger partial charge in [-0.15, -0.1) is 0 Å². The smallest absolute Gasteiger partial charge is 0.256 e. The van der Waals surface area contributed by atoms with Gasteiger partial charge in [-0.1, -0.05) is 6.07 Å². The SMILES string of the molecule is O=C(Nc1ccccn1)c1ccc(S(=O)(=O)N2C[C@@H]3C[C@H]4C[C@H]3[C@@H]2[C@H]4O)cc1. The van der Waals surface area contributed by atoms with Crippen LogP contribution >= 0.6 is 0 Å². The second-order valence-corrected chi connectivity index (χ2v) is 9.80. The summed E-state index contributed by atoms with van der Waals surface area (Å²) >= 11 is 0. The predicted octanol–water partition coefficient (Wildman–Crippen LogP) is 1.72. The summed E-state index contributed by atoms with van der Waals surface area (Å²) in [4.78, 5) is 16.5. The number of nitrogens with one attached hydrogen (secondary N) is 1. The number of aromatic nitrogens is 1. The Balaban J connectivity index is 1.36. The van der Waals surface area contributed by atoms with Crippen LogP contribution in [0.5, 0.6) is 0 Å². The molecule has 146 valence electrons. The van der Waals surface area contributed by atoms with E-state index in [0.29, 0.717) is 23.8 Å². The van der Waals surface area contributed by atoms with Crippen molar-refractivity contribution in [3.63, 3.8) is 0 Å². The Bertz CT molecular complexity index is 1010. The van der Waals surface area contributed by atoms with Crippen LogP contribution < -0.4 is 5.32 Å². The Morgan fingerprint density at radius 1 is 1.11 bits per heavy atom. The molecule has 2 aromatic rings. The molecule has 5 atom stereocenters. The molecule has 3 aliphatic rings. The van der Waals surface area contributed by atoms with Crippen LogP contribution in [0, 0.1) is 17.8 Å². The van der Waals surface area contributed by atoms with Gasteiger partial charge in [-0.3, -0.25) is 4.79 Å². The highest BCUT2D eigenvalue weighted by atomic mass is 32.2. The molecule has 5 rings (SSSR count). The van der Waals surface area contributed by atoms with E-state index in [1.807, 2.05) is 0 Å². The standard InChI is InChI=1S/C20H21N3O4S/c24-19-13-9-14-11-23(18(19)16(14)10-13)28(26,27)15-6-4-12(5-7-15)20(25)22-17-3-1-2-8-21-17/h1-8,13-14,16,18-19,24H,9-11H2,(H,21,22,25)/t13-,14-,16+,18+,19-/m0/s1. The zero-order valence-electron chi connectivity index (χ0n) is 15.1. The third kappa shape index (κ3) is 2.67. The van der Waals surface area contributed by atoms with E-state index >= 15 is 0 Å². The fourth-order valence-corrected chi connectivity index (χ4v) is 6.92. The Hall–Kier alpha value is -2.29. The van der Waals surface area contributed by atoms with Gasteiger partial charge in [0.1, 0.15) is 5.82 Å². The number of hydrogen-bond donors (Lipinski definition) is 2. The van der Waals surface area contributed by atoms with E-state index in [1.165, 1.54) is 28.6 Å². The quantitative estimate of drug-likeness (QED) is 0.816. The molecule has 2 heterocycles. The minimum absolute atomic E-state index is 0.152. The molecule has 2 N–H and O–H groups in total. The lowest BCUT2D eigenvalue weighted by Crippen LogP contribution is -2.43. The minimum atomic E-state index is -3.70. The molecular formula is C20H21N3O4S. The van der Waals surface area contributed by atoms with E-state index in [9.17, 15) is 18.3 Å². The minimum Gasteiger partial charge on any atom is -0.391 e. The molecule has 0 radical (unpaired) electrons. The average molecular weight is 399 g/mol. The van der Waals surface area contributed by atoms with Crippen molar-refractivity contribution in [2.24, 2.45) is 17.8 Å². The average Bonchev–Trinajstić information content (AvgIpc) is 3.32. The lowest BCUT2D eigenvalue weighted by molar-refractivity contribution is 0.0731. The molecule has 1 amide bonds. The summed E-state index contributed by atoms with van der Waals surface area (Å²) in [5, 5.41) is 13.2. The number of sulfonamides is 1. The lowest BCUT2D eigenvalue weighted by atomic mass is 9.88. The van der Waals surface area contributed by atoms with Crippen molar-refractivity contribution in [3.8, 4) is 0 Å². The van der Waals surface area contributed by atoms with Crippen molar-refractivity contribution >= 4 is 21.7 Å². The van der Waals surface area contributed by atoms with Crippen LogP contribution in [0.25, 0.3) is 0 Å². The molecular weight excluding hydrogens is 378 g/mol. The second-order valence-electron chi connectivity index (χ2n) is 7.90. The molecule has 8 heteroatoms. The van der Waals surface area contributed by atoms with Crippen LogP contribution in [0.2, 0.25) is 0 Å². The van der Waals surface area contributed by atoms with Crippen LogP contribution in [-0.4, -0.2) is 47.4 Å². The van der Waals surface area contributed by atoms with Gasteiger partial charge in [0.25, 0.3) is 5.91 Å². The Morgan fingerprint density at radius 2 is 1.89 bits per heavy atom. The first-order valence-corrected chi connectivity index (χ1v) is 10.9. The van der Waals surface area contributed by atoms with Crippen LogP contribution in [0.3, 0.4) is 0 Å². The van der Waals surface area contributed by atoms with E-state index in [2.05, 4.69) is 10.3 Å². The van der Waals surface area contributed by atoms with Crippen molar-refractivity contribution in [2.45, 2.75) is 29.9 Å². The first-order chi connectivity index (χ1) is 13.4. The van der Waals surface area contributed by atoms with E-state index in [1.54, 1.807) is 24.4 Å². The van der Waals surface area contributed by atoms with Crippen molar-refractivity contribution in [1.82, 2.24) is 9.29 Å². The highest BCUT2D eigenvalue weighted by molar-refractivity contribution is 7.89. The number of aliphatic hydroxyl groups excluding tert-OH is 1. The largest absolute Gasteiger partial charge is 0.391 e. The van der Waals surface area contributed by atoms with Crippen LogP contribution in [0.4, 0.5) is 5.82 Å². The van der Waals surface area contributed by atoms with Gasteiger partial charge >= 0.3 is 0 Å². The molecule has 1 aromatic heterocycles. The molecule has 1 saturated heterocycles. The van der Waals surface area contributed by atoms with E-state index in [4.69, 9.17) is 0 Å². The summed E-state index contributed by atoms with van der Waals surface area (Å²) in [7, 11) is -3.70. The van der Waals surface area contributed by atoms with Crippen molar-refractivity contribution in [1.29, 1.82) is 0 Å². The summed E-state index contributed by atoms with van der Waals surface area (Å²) in [5.74, 6) is 0.949. The van der Waals surface area contributed by atoms with Crippen LogP contribution in [-0.2, 0) is 10.0 Å². The molecule has 28 heavy (non-hydrogen) atoms. The normalized spacial score (nSPS) is 31.2. The molecule has 2 bridgehead atoms. The number of anilines is 1. The lowest BCUT2D eigenvalue weighted by Gasteiger charge is -2.28. The molecule has 0 spiro atoms. The van der Waals surface area contributed by atoms with Crippen molar-refractivity contribution in [3.05, 3.63) is 54.2 Å². The molecule has 3 fully saturated rings. The number of hydrogen-bond acceptors (Lipinski definition) is 5. The molecule has 0 unspecified atom stereocenters. The maximum absolute atomic E-state index is 13.2. The number of benzene rings is 1. The Kier molecular flexibility index (Phi) is 4.04. The van der Waals surface area contributed by atoms with Gasteiger partial charge in [0.05, 0.1) is 17.0 Å². The molecule has 2 saturated carbocycles. The summed E-state index contributed by atoms with van der Waals surface area (Å²) in [5.41, 5.74) is 0.354. The number of carbonyl (C=O) groups excluding carboxylic acids is 1. The molecule has 1 aromatic carbocycles. The third-order valence-electron chi connectivity index (χ3n) is 6.43. The topological polar surface area (TPSA) is 99.6 Å². The zero-order valence-corrected chi connectivity index (χ0v) is 15.9. The number of amides is 1. The fraction of sp³-hybridized carbons (Fsp3) is 0.400. The van der Waals surface area contributed by atoms with Gasteiger partial charge in [0, 0.05) is 18.3 Å². The predicted molar refractivity (Wildman–Crippen MR) is 102 cm³/mol. The summed E-state index contributed by atoms with van der Waals surface area (Å²) in [6.07, 6.45) is 2.86. The van der Waals surface area contributed by atoms with Crippen LogP contribution in [0.15, 0.2) is 53.6 Å². The van der Waals surface area contributed by atoms with Crippen molar-refractivity contribution < 1.29 is 18.3 Å². The van der Waals surface area contributed by atoms with Crippen molar-refractivity contribution in [2.75, 3.05) is 11.9 Å². The van der Waals surface area contributed by atoms with E-state index < -0.39 is 16.1 Å². The number of carbonyl (C=O) groups is 1. The highest BCUT2D eigenvalue weighted by Gasteiger charge is 2.61. The van der Waals surface area contributed by atoms with Crippen LogP contribution in [0.1, 0.15) is 23.2 Å². The second kappa shape index (κ2) is 6.37. The van der Waals surface area contributed by atoms with Gasteiger partial charge in [-0.05, 0) is 67.0 Å². The number of nitrogens with zero attached hydrogens (tertiary/aromatic N) is 2. The molecule has 1 aliphatic heterocycles. The summed E-state index contributed by atoms with van der Waals surface area (Å²) < 4.78 is 27.8. The zero-order chi connectivity index (χ0) is 19.5. The monoisotopic (exact) mass is 399 g/mol.